The average molecular weight is 185 g/mol. The Bertz CT molecular complexity index is 345. The van der Waals surface area contributed by atoms with Crippen LogP contribution < -0.4 is 11.5 Å². The quantitative estimate of drug-likeness (QED) is 0.658. The van der Waals surface area contributed by atoms with Crippen molar-refractivity contribution in [3.05, 3.63) is 16.1 Å². The fourth-order valence-corrected chi connectivity index (χ4v) is 1.58. The Kier molecular flexibility index (Phi) is 2.09. The number of hydrogen-bond acceptors (Lipinski definition) is 4. The zero-order chi connectivity index (χ0) is 9.30. The normalized spacial score (nSPS) is 9.75. The first-order valence-corrected chi connectivity index (χ1v) is 3.87. The summed E-state index contributed by atoms with van der Waals surface area (Å²) in [6.45, 7) is 1.60. The molecule has 0 bridgehead atoms. The molecule has 0 aliphatic heterocycles. The molecule has 2 amide bonds. The van der Waals surface area contributed by atoms with E-state index < -0.39 is 11.8 Å². The van der Waals surface area contributed by atoms with Crippen LogP contribution in [0.25, 0.3) is 0 Å². The van der Waals surface area contributed by atoms with Gasteiger partial charge in [-0.05, 0) is 18.5 Å². The van der Waals surface area contributed by atoms with Crippen LogP contribution in [0.4, 0.5) is 0 Å². The Balaban J connectivity index is 3.31. The number of hydrogen-bond donors (Lipinski definition) is 2. The first-order valence-electron chi connectivity index (χ1n) is 3.10. The van der Waals surface area contributed by atoms with Crippen LogP contribution >= 0.6 is 11.5 Å². The molecule has 0 fully saturated rings. The van der Waals surface area contributed by atoms with Gasteiger partial charge in [0.1, 0.15) is 4.88 Å². The highest BCUT2D eigenvalue weighted by molar-refractivity contribution is 7.08. The lowest BCUT2D eigenvalue weighted by molar-refractivity contribution is 0.0970. The Hall–Kier alpha value is -1.43. The molecule has 12 heavy (non-hydrogen) atoms. The van der Waals surface area contributed by atoms with Gasteiger partial charge in [0.05, 0.1) is 11.3 Å². The highest BCUT2D eigenvalue weighted by atomic mass is 32.1. The maximum absolute atomic E-state index is 10.8. The van der Waals surface area contributed by atoms with Crippen LogP contribution in [0, 0.1) is 6.92 Å². The second-order valence-corrected chi connectivity index (χ2v) is 2.97. The molecule has 1 aromatic heterocycles. The molecule has 1 rings (SSSR count). The lowest BCUT2D eigenvalue weighted by Crippen LogP contribution is -2.19. The van der Waals surface area contributed by atoms with Crippen LogP contribution in [-0.4, -0.2) is 16.2 Å². The number of aromatic nitrogens is 1. The maximum Gasteiger partial charge on any atom is 0.261 e. The molecule has 0 saturated heterocycles. The molecule has 0 radical (unpaired) electrons. The predicted octanol–water partition coefficient (Wildman–Crippen LogP) is -0.351. The predicted molar refractivity (Wildman–Crippen MR) is 43.9 cm³/mol. The van der Waals surface area contributed by atoms with Gasteiger partial charge < -0.3 is 11.5 Å². The largest absolute Gasteiger partial charge is 0.365 e. The van der Waals surface area contributed by atoms with Gasteiger partial charge in [-0.3, -0.25) is 9.59 Å². The third-order valence-corrected chi connectivity index (χ3v) is 2.29. The first-order chi connectivity index (χ1) is 5.54. The van der Waals surface area contributed by atoms with Gasteiger partial charge >= 0.3 is 0 Å². The van der Waals surface area contributed by atoms with Crippen molar-refractivity contribution in [3.63, 3.8) is 0 Å². The molecular formula is C6H7N3O2S. The van der Waals surface area contributed by atoms with Crippen molar-refractivity contribution in [3.8, 4) is 0 Å². The number of carbonyl (C=O) groups is 2. The van der Waals surface area contributed by atoms with Crippen molar-refractivity contribution < 1.29 is 9.59 Å². The third kappa shape index (κ3) is 1.28. The van der Waals surface area contributed by atoms with Crippen molar-refractivity contribution in [1.82, 2.24) is 4.37 Å². The Morgan fingerprint density at radius 2 is 1.92 bits per heavy atom. The molecule has 64 valence electrons. The molecule has 0 aliphatic rings. The van der Waals surface area contributed by atoms with Gasteiger partial charge in [-0.25, -0.2) is 0 Å². The van der Waals surface area contributed by atoms with E-state index in [0.29, 0.717) is 5.69 Å². The van der Waals surface area contributed by atoms with Gasteiger partial charge in [0.25, 0.3) is 11.8 Å². The number of primary amides is 2. The summed E-state index contributed by atoms with van der Waals surface area (Å²) in [5.74, 6) is -1.34. The van der Waals surface area contributed by atoms with Crippen LogP contribution in [0.1, 0.15) is 25.7 Å². The van der Waals surface area contributed by atoms with E-state index in [4.69, 9.17) is 11.5 Å². The van der Waals surface area contributed by atoms with Crippen LogP contribution in [0.2, 0.25) is 0 Å². The monoisotopic (exact) mass is 185 g/mol. The number of aryl methyl sites for hydroxylation is 1. The second-order valence-electron chi connectivity index (χ2n) is 2.20. The molecule has 0 saturated carbocycles. The van der Waals surface area contributed by atoms with Gasteiger partial charge in [0.2, 0.25) is 0 Å². The minimum absolute atomic E-state index is 0.125. The number of amides is 2. The molecule has 5 nitrogen and oxygen atoms in total. The van der Waals surface area contributed by atoms with Gasteiger partial charge in [-0.2, -0.15) is 4.37 Å². The minimum atomic E-state index is -0.672. The van der Waals surface area contributed by atoms with Crippen molar-refractivity contribution in [2.24, 2.45) is 11.5 Å². The van der Waals surface area contributed by atoms with Crippen molar-refractivity contribution in [2.45, 2.75) is 6.92 Å². The molecule has 0 atom stereocenters. The van der Waals surface area contributed by atoms with E-state index in [-0.39, 0.29) is 10.4 Å². The SMILES string of the molecule is Cc1nsc(C(N)=O)c1C(N)=O. The second kappa shape index (κ2) is 2.90. The fourth-order valence-electron chi connectivity index (χ4n) is 0.828. The average Bonchev–Trinajstić information content (AvgIpc) is 2.30. The Morgan fingerprint density at radius 3 is 2.25 bits per heavy atom. The van der Waals surface area contributed by atoms with E-state index in [2.05, 4.69) is 4.37 Å². The lowest BCUT2D eigenvalue weighted by Gasteiger charge is -1.93. The highest BCUT2D eigenvalue weighted by Gasteiger charge is 2.18. The highest BCUT2D eigenvalue weighted by Crippen LogP contribution is 2.16. The van der Waals surface area contributed by atoms with E-state index in [0.717, 1.165) is 11.5 Å². The molecule has 0 spiro atoms. The summed E-state index contributed by atoms with van der Waals surface area (Å²) in [7, 11) is 0. The van der Waals surface area contributed by atoms with Crippen LogP contribution in [0.3, 0.4) is 0 Å². The molecule has 0 aromatic carbocycles. The zero-order valence-electron chi connectivity index (χ0n) is 6.33. The number of carbonyl (C=O) groups excluding carboxylic acids is 2. The van der Waals surface area contributed by atoms with E-state index in [9.17, 15) is 9.59 Å². The van der Waals surface area contributed by atoms with Gasteiger partial charge in [0, 0.05) is 0 Å². The molecule has 6 heteroatoms. The summed E-state index contributed by atoms with van der Waals surface area (Å²) < 4.78 is 3.80. The summed E-state index contributed by atoms with van der Waals surface area (Å²) >= 11 is 0.887. The smallest absolute Gasteiger partial charge is 0.261 e. The molecule has 1 heterocycles. The van der Waals surface area contributed by atoms with Crippen LogP contribution in [0.15, 0.2) is 0 Å². The molecule has 1 aromatic rings. The molecule has 0 unspecified atom stereocenters. The molecule has 0 aliphatic carbocycles. The summed E-state index contributed by atoms with van der Waals surface area (Å²) in [5.41, 5.74) is 10.6. The van der Waals surface area contributed by atoms with E-state index in [1.54, 1.807) is 6.92 Å². The minimum Gasteiger partial charge on any atom is -0.365 e. The van der Waals surface area contributed by atoms with Gasteiger partial charge in [-0.15, -0.1) is 0 Å². The zero-order valence-corrected chi connectivity index (χ0v) is 7.14. The van der Waals surface area contributed by atoms with Crippen LogP contribution in [0.5, 0.6) is 0 Å². The fraction of sp³-hybridized carbons (Fsp3) is 0.167. The topological polar surface area (TPSA) is 99.1 Å². The third-order valence-electron chi connectivity index (χ3n) is 1.33. The van der Waals surface area contributed by atoms with E-state index in [1.165, 1.54) is 0 Å². The first kappa shape index (κ1) is 8.66. The van der Waals surface area contributed by atoms with Gasteiger partial charge in [0.15, 0.2) is 0 Å². The van der Waals surface area contributed by atoms with Crippen molar-refractivity contribution in [2.75, 3.05) is 0 Å². The standard InChI is InChI=1S/C6H7N3O2S/c1-2-3(5(7)10)4(6(8)11)12-9-2/h1H3,(H2,7,10)(H2,8,11). The molecular weight excluding hydrogens is 178 g/mol. The van der Waals surface area contributed by atoms with E-state index >= 15 is 0 Å². The number of nitrogens with two attached hydrogens (primary N) is 2. The van der Waals surface area contributed by atoms with Crippen molar-refractivity contribution >= 4 is 23.3 Å². The lowest BCUT2D eigenvalue weighted by atomic mass is 10.2. The maximum atomic E-state index is 10.8. The summed E-state index contributed by atoms with van der Waals surface area (Å²) in [4.78, 5) is 21.6. The van der Waals surface area contributed by atoms with Crippen LogP contribution in [-0.2, 0) is 0 Å². The summed E-state index contributed by atoms with van der Waals surface area (Å²) in [6.07, 6.45) is 0. The summed E-state index contributed by atoms with van der Waals surface area (Å²) in [6, 6.07) is 0. The number of nitrogens with zero attached hydrogens (tertiary/aromatic N) is 1. The molecule has 4 N–H and O–H groups in total. The Morgan fingerprint density at radius 1 is 1.33 bits per heavy atom. The van der Waals surface area contributed by atoms with Gasteiger partial charge in [-0.1, -0.05) is 0 Å². The van der Waals surface area contributed by atoms with Crippen molar-refractivity contribution in [1.29, 1.82) is 0 Å². The summed E-state index contributed by atoms with van der Waals surface area (Å²) in [5, 5.41) is 0. The number of rotatable bonds is 2. The van der Waals surface area contributed by atoms with E-state index in [1.807, 2.05) is 0 Å². The Labute approximate surface area is 72.5 Å².